The molecule has 320 valence electrons. The van der Waals surface area contributed by atoms with E-state index in [1.807, 2.05) is 49.1 Å². The second-order valence-electron chi connectivity index (χ2n) is 17.1. The first-order valence-electron chi connectivity index (χ1n) is 19.1. The maximum atomic E-state index is 12.0. The van der Waals surface area contributed by atoms with Crippen LogP contribution in [0.5, 0.6) is 0 Å². The van der Waals surface area contributed by atoms with Crippen LogP contribution >= 0.6 is 12.0 Å². The molecule has 2 heterocycles. The SMILES string of the molecule is CC1(C)CC(C=C/C=C2/N(CCCCS(=O)(=O)[O-])c3ccc(S(=O)(=O)[O-])cc3C2(C)C)=CC(CC2=[N+](CCCCS(=O)(=O)[O-])c3ccc(SOO[O-])cc3C2(C)C)C1.[Na+].[Na+].[Na+]. The molecule has 2 aromatic carbocycles. The van der Waals surface area contributed by atoms with Crippen molar-refractivity contribution in [2.45, 2.75) is 107 Å². The third kappa shape index (κ3) is 15.0. The van der Waals surface area contributed by atoms with Crippen LogP contribution < -0.4 is 98.8 Å². The molecule has 1 aliphatic carbocycles. The van der Waals surface area contributed by atoms with E-state index in [2.05, 4.69) is 53.8 Å². The van der Waals surface area contributed by atoms with Crippen LogP contribution in [-0.4, -0.2) is 73.8 Å². The maximum Gasteiger partial charge on any atom is 1.00 e. The summed E-state index contributed by atoms with van der Waals surface area (Å²) < 4.78 is 111. The summed E-state index contributed by atoms with van der Waals surface area (Å²) >= 11 is 0.811. The first-order valence-corrected chi connectivity index (χ1v) is 24.4. The third-order valence-electron chi connectivity index (χ3n) is 11.3. The van der Waals surface area contributed by atoms with Gasteiger partial charge >= 0.3 is 88.7 Å². The molecule has 3 aliphatic rings. The second kappa shape index (κ2) is 22.7. The van der Waals surface area contributed by atoms with Crippen molar-refractivity contribution in [1.82, 2.24) is 0 Å². The molecule has 0 spiro atoms. The zero-order valence-electron chi connectivity index (χ0n) is 36.6. The third-order valence-corrected chi connectivity index (χ3v) is 14.3. The van der Waals surface area contributed by atoms with Crippen molar-refractivity contribution >= 4 is 59.5 Å². The Morgan fingerprint density at radius 1 is 0.836 bits per heavy atom. The summed E-state index contributed by atoms with van der Waals surface area (Å²) in [6.45, 7) is 13.5. The monoisotopic (exact) mass is 948 g/mol. The Morgan fingerprint density at radius 3 is 2.08 bits per heavy atom. The average molecular weight is 949 g/mol. The fraction of sp³-hybridized carbons (Fsp3) is 0.525. The molecule has 61 heavy (non-hydrogen) atoms. The molecule has 0 N–H and O–H groups in total. The van der Waals surface area contributed by atoms with E-state index in [4.69, 9.17) is 0 Å². The van der Waals surface area contributed by atoms with Crippen LogP contribution in [-0.2, 0) is 50.6 Å². The standard InChI is InChI=1S/C40H54N2O12S4.3Na/c1-38(2)26-28(12-11-13-36-39(3,4)33-25-31(58(50,51)52)15-17-35(33)41(36)18-7-9-20-56(44,45)46)22-29(27-38)23-37-40(5,6)32-24-30(55-54-53-43)14-16-34(32)42(37)19-8-10-21-57(47,48)49;;;/h11-17,22,24-25,29H,7-10,18-21,23,26-27H2,1-6H3,(H3-,43,44,45,46,47,48,49,50,51,52);;;/q;3*+1/p-3/b12-11?,36-13+;;;. The molecule has 1 atom stereocenters. The molecule has 21 heteroatoms. The summed E-state index contributed by atoms with van der Waals surface area (Å²) in [5, 5.41) is 14.1. The molecular weight excluding hydrogens is 898 g/mol. The molecule has 5 rings (SSSR count). The van der Waals surface area contributed by atoms with Crippen molar-refractivity contribution in [3.05, 3.63) is 83.1 Å². The predicted octanol–water partition coefficient (Wildman–Crippen LogP) is -3.15. The number of rotatable bonds is 18. The molecule has 0 aromatic heterocycles. The van der Waals surface area contributed by atoms with Gasteiger partial charge in [0.2, 0.25) is 5.69 Å². The molecule has 0 fully saturated rings. The van der Waals surface area contributed by atoms with Crippen molar-refractivity contribution in [1.29, 1.82) is 0 Å². The summed E-state index contributed by atoms with van der Waals surface area (Å²) in [6, 6.07) is 10.0. The van der Waals surface area contributed by atoms with Gasteiger partial charge in [-0.25, -0.2) is 25.3 Å². The normalized spacial score (nSPS) is 19.8. The summed E-state index contributed by atoms with van der Waals surface area (Å²) in [4.78, 5) is 2.33. The van der Waals surface area contributed by atoms with E-state index in [0.29, 0.717) is 48.5 Å². The van der Waals surface area contributed by atoms with Gasteiger partial charge in [0, 0.05) is 64.2 Å². The largest absolute Gasteiger partial charge is 1.00 e. The van der Waals surface area contributed by atoms with E-state index in [0.717, 1.165) is 53.1 Å². The minimum atomic E-state index is -4.72. The number of anilines is 1. The van der Waals surface area contributed by atoms with Gasteiger partial charge in [-0.2, -0.15) is 8.91 Å². The van der Waals surface area contributed by atoms with Crippen molar-refractivity contribution < 1.29 is 147 Å². The number of hydrogen-bond acceptors (Lipinski definition) is 14. The van der Waals surface area contributed by atoms with E-state index in [9.17, 15) is 44.2 Å². The summed E-state index contributed by atoms with van der Waals surface area (Å²) in [5.74, 6) is -0.799. The van der Waals surface area contributed by atoms with Crippen LogP contribution in [0.15, 0.2) is 81.8 Å². The van der Waals surface area contributed by atoms with E-state index < -0.39 is 52.7 Å². The number of nitrogens with zero attached hydrogens (tertiary/aromatic N) is 2. The van der Waals surface area contributed by atoms with Gasteiger partial charge in [-0.05, 0) is 99.3 Å². The van der Waals surface area contributed by atoms with Gasteiger partial charge in [0.05, 0.1) is 42.6 Å². The molecule has 0 radical (unpaired) electrons. The molecule has 0 saturated heterocycles. The van der Waals surface area contributed by atoms with Crippen molar-refractivity contribution in [3.8, 4) is 0 Å². The van der Waals surface area contributed by atoms with Crippen LogP contribution in [0, 0.1) is 11.3 Å². The first-order chi connectivity index (χ1) is 26.8. The number of benzene rings is 2. The van der Waals surface area contributed by atoms with Gasteiger partial charge in [0.15, 0.2) is 5.71 Å². The van der Waals surface area contributed by atoms with E-state index in [-0.39, 0.29) is 118 Å². The average Bonchev–Trinajstić information content (AvgIpc) is 3.43. The van der Waals surface area contributed by atoms with Crippen LogP contribution in [0.25, 0.3) is 0 Å². The molecule has 0 amide bonds. The summed E-state index contributed by atoms with van der Waals surface area (Å²) in [7, 11) is -13.4. The molecule has 2 aliphatic heterocycles. The second-order valence-corrected chi connectivity index (χ2v) is 22.3. The molecule has 0 saturated carbocycles. The zero-order chi connectivity index (χ0) is 42.9. The van der Waals surface area contributed by atoms with Gasteiger partial charge in [0.1, 0.15) is 16.7 Å². The summed E-state index contributed by atoms with van der Waals surface area (Å²) in [6.07, 6.45) is 11.9. The smallest absolute Gasteiger partial charge is 0.748 e. The van der Waals surface area contributed by atoms with Crippen molar-refractivity contribution in [3.63, 3.8) is 0 Å². The van der Waals surface area contributed by atoms with E-state index in [1.165, 1.54) is 12.1 Å². The van der Waals surface area contributed by atoms with Crippen LogP contribution in [0.1, 0.15) is 97.6 Å². The molecule has 14 nitrogen and oxygen atoms in total. The molecule has 0 bridgehead atoms. The fourth-order valence-corrected chi connectivity index (χ4v) is 10.8. The van der Waals surface area contributed by atoms with Gasteiger partial charge in [0.25, 0.3) is 0 Å². The molecule has 1 unspecified atom stereocenters. The van der Waals surface area contributed by atoms with Crippen LogP contribution in [0.4, 0.5) is 11.4 Å². The Balaban J connectivity index is 0.00000427. The number of fused-ring (bicyclic) bond motifs is 2. The van der Waals surface area contributed by atoms with Crippen LogP contribution in [0.2, 0.25) is 0 Å². The minimum Gasteiger partial charge on any atom is -0.748 e. The van der Waals surface area contributed by atoms with E-state index >= 15 is 0 Å². The van der Waals surface area contributed by atoms with E-state index in [1.54, 1.807) is 6.07 Å². The Bertz CT molecular complexity index is 2360. The van der Waals surface area contributed by atoms with Crippen LogP contribution in [0.3, 0.4) is 0 Å². The van der Waals surface area contributed by atoms with Crippen molar-refractivity contribution in [2.75, 3.05) is 29.5 Å². The predicted molar refractivity (Wildman–Crippen MR) is 216 cm³/mol. The maximum absolute atomic E-state index is 12.0. The fourth-order valence-electron chi connectivity index (χ4n) is 8.78. The Morgan fingerprint density at radius 2 is 1.48 bits per heavy atom. The topological polar surface area (TPSA) is 219 Å². The number of allylic oxidation sites excluding steroid dienone is 6. The Labute approximate surface area is 432 Å². The molecular formula is C40H51N2Na3O12S4. The number of unbranched alkanes of at least 4 members (excludes halogenated alkanes) is 2. The molecule has 2 aromatic rings. The Kier molecular flexibility index (Phi) is 21.3. The van der Waals surface area contributed by atoms with Gasteiger partial charge in [-0.15, -0.1) is 0 Å². The van der Waals surface area contributed by atoms with Gasteiger partial charge < -0.3 is 23.8 Å². The van der Waals surface area contributed by atoms with Crippen molar-refractivity contribution in [2.24, 2.45) is 11.3 Å². The van der Waals surface area contributed by atoms with Gasteiger partial charge in [-0.3, -0.25) is 5.04 Å². The number of hydrogen-bond donors (Lipinski definition) is 0. The quantitative estimate of drug-likeness (QED) is 0.0275. The Hall–Kier alpha value is 0.0900. The van der Waals surface area contributed by atoms with Gasteiger partial charge in [-0.1, -0.05) is 51.5 Å². The first kappa shape index (κ1) is 57.2. The summed E-state index contributed by atoms with van der Waals surface area (Å²) in [5.41, 5.74) is 5.18. The zero-order valence-corrected chi connectivity index (χ0v) is 45.8. The minimum absolute atomic E-state index is 0.